The molecule has 0 fully saturated rings. The Bertz CT molecular complexity index is 656. The van der Waals surface area contributed by atoms with E-state index < -0.39 is 0 Å². The molecule has 0 heterocycles. The average molecular weight is 342 g/mol. The minimum absolute atomic E-state index is 0.00181. The van der Waals surface area contributed by atoms with E-state index >= 15 is 0 Å². The standard InChI is InChI=1S/C20H26N2O3/c1-3-25-18-9-7-17(8-10-18)22-20(23)12-14-21-13-11-16-5-4-6-19(15-16)24-2/h4-10,15,21H,3,11-14H2,1-2H3,(H,22,23). The molecule has 0 saturated heterocycles. The van der Waals surface area contributed by atoms with Crippen molar-refractivity contribution in [3.05, 3.63) is 54.1 Å². The summed E-state index contributed by atoms with van der Waals surface area (Å²) in [7, 11) is 1.67. The predicted octanol–water partition coefficient (Wildman–Crippen LogP) is 3.25. The van der Waals surface area contributed by atoms with E-state index in [1.807, 2.05) is 49.4 Å². The first-order valence-electron chi connectivity index (χ1n) is 8.57. The number of methoxy groups -OCH3 is 1. The number of carbonyl (C=O) groups is 1. The van der Waals surface area contributed by atoms with Gasteiger partial charge in [0.2, 0.25) is 5.91 Å². The molecule has 5 heteroatoms. The fraction of sp³-hybridized carbons (Fsp3) is 0.350. The molecule has 1 amide bonds. The van der Waals surface area contributed by atoms with Crippen LogP contribution in [0.2, 0.25) is 0 Å². The van der Waals surface area contributed by atoms with E-state index in [-0.39, 0.29) is 5.91 Å². The van der Waals surface area contributed by atoms with Gasteiger partial charge >= 0.3 is 0 Å². The van der Waals surface area contributed by atoms with Gasteiger partial charge in [-0.05, 0) is 61.9 Å². The molecule has 2 N–H and O–H groups in total. The molecular weight excluding hydrogens is 316 g/mol. The Hall–Kier alpha value is -2.53. The highest BCUT2D eigenvalue weighted by Gasteiger charge is 2.03. The molecule has 0 radical (unpaired) electrons. The van der Waals surface area contributed by atoms with Crippen molar-refractivity contribution in [2.45, 2.75) is 19.8 Å². The van der Waals surface area contributed by atoms with Crippen LogP contribution in [0.1, 0.15) is 18.9 Å². The minimum atomic E-state index is -0.00181. The molecule has 0 spiro atoms. The third kappa shape index (κ3) is 6.85. The highest BCUT2D eigenvalue weighted by atomic mass is 16.5. The summed E-state index contributed by atoms with van der Waals surface area (Å²) in [5.41, 5.74) is 2.00. The molecule has 5 nitrogen and oxygen atoms in total. The maximum absolute atomic E-state index is 11.9. The fourth-order valence-electron chi connectivity index (χ4n) is 2.41. The number of anilines is 1. The summed E-state index contributed by atoms with van der Waals surface area (Å²) in [6.07, 6.45) is 1.34. The van der Waals surface area contributed by atoms with E-state index in [2.05, 4.69) is 16.7 Å². The quantitative estimate of drug-likeness (QED) is 0.651. The van der Waals surface area contributed by atoms with Crippen molar-refractivity contribution < 1.29 is 14.3 Å². The van der Waals surface area contributed by atoms with Gasteiger partial charge in [0.05, 0.1) is 13.7 Å². The molecule has 2 rings (SSSR count). The van der Waals surface area contributed by atoms with E-state index in [1.165, 1.54) is 5.56 Å². The van der Waals surface area contributed by atoms with E-state index in [4.69, 9.17) is 9.47 Å². The number of benzene rings is 2. The molecule has 0 aromatic heterocycles. The molecule has 0 bridgehead atoms. The number of ether oxygens (including phenoxy) is 2. The van der Waals surface area contributed by atoms with Gasteiger partial charge in [-0.25, -0.2) is 0 Å². The Kier molecular flexibility index (Phi) is 7.79. The topological polar surface area (TPSA) is 59.6 Å². The number of carbonyl (C=O) groups excluding carboxylic acids is 1. The Morgan fingerprint density at radius 1 is 1.04 bits per heavy atom. The molecule has 2 aromatic carbocycles. The van der Waals surface area contributed by atoms with Crippen molar-refractivity contribution in [3.8, 4) is 11.5 Å². The Morgan fingerprint density at radius 2 is 1.84 bits per heavy atom. The minimum Gasteiger partial charge on any atom is -0.497 e. The van der Waals surface area contributed by atoms with E-state index in [9.17, 15) is 4.79 Å². The molecule has 0 aliphatic rings. The second-order valence-electron chi connectivity index (χ2n) is 5.61. The van der Waals surface area contributed by atoms with Crippen molar-refractivity contribution in [1.29, 1.82) is 0 Å². The van der Waals surface area contributed by atoms with Crippen molar-refractivity contribution in [1.82, 2.24) is 5.32 Å². The summed E-state index contributed by atoms with van der Waals surface area (Å²) in [6.45, 7) is 4.04. The van der Waals surface area contributed by atoms with Crippen LogP contribution in [0.3, 0.4) is 0 Å². The van der Waals surface area contributed by atoms with Crippen LogP contribution >= 0.6 is 0 Å². The first kappa shape index (κ1) is 18.8. The van der Waals surface area contributed by atoms with Crippen LogP contribution in [-0.4, -0.2) is 32.7 Å². The smallest absolute Gasteiger partial charge is 0.225 e. The highest BCUT2D eigenvalue weighted by Crippen LogP contribution is 2.15. The predicted molar refractivity (Wildman–Crippen MR) is 100 cm³/mol. The van der Waals surface area contributed by atoms with Crippen LogP contribution in [0.25, 0.3) is 0 Å². The Labute approximate surface area is 149 Å². The van der Waals surface area contributed by atoms with Gasteiger partial charge in [-0.15, -0.1) is 0 Å². The summed E-state index contributed by atoms with van der Waals surface area (Å²) in [6, 6.07) is 15.4. The van der Waals surface area contributed by atoms with Gasteiger partial charge in [0.25, 0.3) is 0 Å². The van der Waals surface area contributed by atoms with Gasteiger partial charge < -0.3 is 20.1 Å². The van der Waals surface area contributed by atoms with E-state index in [0.29, 0.717) is 19.6 Å². The van der Waals surface area contributed by atoms with Gasteiger partial charge in [0.1, 0.15) is 11.5 Å². The van der Waals surface area contributed by atoms with E-state index in [1.54, 1.807) is 7.11 Å². The van der Waals surface area contributed by atoms with Gasteiger partial charge in [-0.1, -0.05) is 12.1 Å². The zero-order valence-electron chi connectivity index (χ0n) is 14.9. The maximum Gasteiger partial charge on any atom is 0.225 e. The molecule has 134 valence electrons. The monoisotopic (exact) mass is 342 g/mol. The number of hydrogen-bond donors (Lipinski definition) is 2. The normalized spacial score (nSPS) is 10.3. The zero-order valence-corrected chi connectivity index (χ0v) is 14.9. The Morgan fingerprint density at radius 3 is 2.56 bits per heavy atom. The molecule has 0 aliphatic heterocycles. The molecule has 2 aromatic rings. The lowest BCUT2D eigenvalue weighted by molar-refractivity contribution is -0.116. The molecule has 25 heavy (non-hydrogen) atoms. The lowest BCUT2D eigenvalue weighted by Gasteiger charge is -2.08. The second-order valence-corrected chi connectivity index (χ2v) is 5.61. The number of hydrogen-bond acceptors (Lipinski definition) is 4. The van der Waals surface area contributed by atoms with Crippen LogP contribution in [0.4, 0.5) is 5.69 Å². The summed E-state index contributed by atoms with van der Waals surface area (Å²) in [5, 5.41) is 6.18. The first-order chi connectivity index (χ1) is 12.2. The van der Waals surface area contributed by atoms with Crippen LogP contribution in [0, 0.1) is 0 Å². The van der Waals surface area contributed by atoms with Crippen molar-refractivity contribution in [3.63, 3.8) is 0 Å². The second kappa shape index (κ2) is 10.4. The van der Waals surface area contributed by atoms with Crippen LogP contribution in [0.5, 0.6) is 11.5 Å². The Balaban J connectivity index is 1.63. The molecule has 0 aliphatic carbocycles. The number of amides is 1. The van der Waals surface area contributed by atoms with Crippen LogP contribution < -0.4 is 20.1 Å². The van der Waals surface area contributed by atoms with Gasteiger partial charge in [0.15, 0.2) is 0 Å². The van der Waals surface area contributed by atoms with Crippen LogP contribution in [-0.2, 0) is 11.2 Å². The van der Waals surface area contributed by atoms with Gasteiger partial charge in [-0.2, -0.15) is 0 Å². The summed E-state index contributed by atoms with van der Waals surface area (Å²) >= 11 is 0. The number of nitrogens with one attached hydrogen (secondary N) is 2. The SMILES string of the molecule is CCOc1ccc(NC(=O)CCNCCc2cccc(OC)c2)cc1. The molecule has 0 atom stereocenters. The zero-order chi connectivity index (χ0) is 17.9. The molecule has 0 saturated carbocycles. The molecule has 0 unspecified atom stereocenters. The maximum atomic E-state index is 11.9. The summed E-state index contributed by atoms with van der Waals surface area (Å²) < 4.78 is 10.6. The van der Waals surface area contributed by atoms with Crippen molar-refractivity contribution in [2.24, 2.45) is 0 Å². The summed E-state index contributed by atoms with van der Waals surface area (Å²) in [4.78, 5) is 11.9. The summed E-state index contributed by atoms with van der Waals surface area (Å²) in [5.74, 6) is 1.67. The van der Waals surface area contributed by atoms with Crippen molar-refractivity contribution in [2.75, 3.05) is 32.1 Å². The highest BCUT2D eigenvalue weighted by molar-refractivity contribution is 5.90. The lowest BCUT2D eigenvalue weighted by Crippen LogP contribution is -2.23. The lowest BCUT2D eigenvalue weighted by atomic mass is 10.1. The van der Waals surface area contributed by atoms with E-state index in [0.717, 1.165) is 30.2 Å². The fourth-order valence-corrected chi connectivity index (χ4v) is 2.41. The van der Waals surface area contributed by atoms with Gasteiger partial charge in [0, 0.05) is 18.7 Å². The van der Waals surface area contributed by atoms with Crippen molar-refractivity contribution >= 4 is 11.6 Å². The third-order valence-corrected chi connectivity index (χ3v) is 3.70. The van der Waals surface area contributed by atoms with Crippen LogP contribution in [0.15, 0.2) is 48.5 Å². The average Bonchev–Trinajstić information content (AvgIpc) is 2.63. The molecular formula is C20H26N2O3. The van der Waals surface area contributed by atoms with Gasteiger partial charge in [-0.3, -0.25) is 4.79 Å². The third-order valence-electron chi connectivity index (χ3n) is 3.70. The largest absolute Gasteiger partial charge is 0.497 e. The first-order valence-corrected chi connectivity index (χ1v) is 8.57. The number of rotatable bonds is 10.